The number of rotatable bonds is 14. The maximum atomic E-state index is 14.8. The summed E-state index contributed by atoms with van der Waals surface area (Å²) in [5, 5.41) is 6.09. The molecule has 4 N–H and O–H groups in total. The minimum atomic E-state index is -1.07. The summed E-state index contributed by atoms with van der Waals surface area (Å²) in [6.45, 7) is 4.54. The lowest BCUT2D eigenvalue weighted by Gasteiger charge is -2.13. The molecule has 0 unspecified atom stereocenters. The second kappa shape index (κ2) is 13.8. The summed E-state index contributed by atoms with van der Waals surface area (Å²) in [7, 11) is 1.28. The van der Waals surface area contributed by atoms with Crippen LogP contribution in [0.15, 0.2) is 48.9 Å². The van der Waals surface area contributed by atoms with Crippen LogP contribution in [0.3, 0.4) is 0 Å². The molecule has 40 heavy (non-hydrogen) atoms. The molecule has 0 saturated heterocycles. The zero-order valence-corrected chi connectivity index (χ0v) is 22.4. The zero-order chi connectivity index (χ0) is 28.5. The van der Waals surface area contributed by atoms with Gasteiger partial charge >= 0.3 is 0 Å². The summed E-state index contributed by atoms with van der Waals surface area (Å²) in [5.41, 5.74) is 8.27. The van der Waals surface area contributed by atoms with E-state index >= 15 is 0 Å². The number of aromatic nitrogens is 3. The molecule has 2 aromatic carbocycles. The van der Waals surface area contributed by atoms with Crippen molar-refractivity contribution >= 4 is 23.1 Å². The number of ether oxygens (including phenoxy) is 3. The molecule has 0 atom stereocenters. The second-order valence-electron chi connectivity index (χ2n) is 8.68. The number of carbonyl (C=O) groups is 1. The van der Waals surface area contributed by atoms with Crippen LogP contribution in [-0.2, 0) is 15.9 Å². The Kier molecular flexibility index (Phi) is 9.95. The number of fused-ring (bicyclic) bond motifs is 1. The molecule has 0 fully saturated rings. The van der Waals surface area contributed by atoms with E-state index in [1.54, 1.807) is 22.7 Å². The number of hydrogen-bond donors (Lipinski definition) is 3. The molecule has 0 aliphatic rings. The Morgan fingerprint density at radius 2 is 1.85 bits per heavy atom. The fourth-order valence-corrected chi connectivity index (χ4v) is 4.15. The molecule has 10 nitrogen and oxygen atoms in total. The number of methoxy groups -OCH3 is 1. The number of nitrogens with two attached hydrogens (primary N) is 1. The monoisotopic (exact) mass is 554 g/mol. The van der Waals surface area contributed by atoms with Crippen molar-refractivity contribution in [1.29, 1.82) is 0 Å². The topological polar surface area (TPSA) is 125 Å². The van der Waals surface area contributed by atoms with Crippen molar-refractivity contribution < 1.29 is 27.8 Å². The number of anilines is 2. The first-order chi connectivity index (χ1) is 19.5. The van der Waals surface area contributed by atoms with Gasteiger partial charge in [-0.2, -0.15) is 4.39 Å². The van der Waals surface area contributed by atoms with E-state index in [0.717, 1.165) is 5.56 Å². The van der Waals surface area contributed by atoms with Gasteiger partial charge in [0, 0.05) is 42.3 Å². The lowest BCUT2D eigenvalue weighted by molar-refractivity contribution is 0.0511. The van der Waals surface area contributed by atoms with Gasteiger partial charge < -0.3 is 30.6 Å². The first-order valence-corrected chi connectivity index (χ1v) is 12.9. The van der Waals surface area contributed by atoms with Gasteiger partial charge in [0.1, 0.15) is 0 Å². The normalized spacial score (nSPS) is 11.1. The van der Waals surface area contributed by atoms with Gasteiger partial charge in [0.25, 0.3) is 5.91 Å². The third-order valence-corrected chi connectivity index (χ3v) is 6.13. The molecule has 0 aliphatic carbocycles. The highest BCUT2D eigenvalue weighted by molar-refractivity contribution is 5.96. The summed E-state index contributed by atoms with van der Waals surface area (Å²) in [4.78, 5) is 21.5. The Morgan fingerprint density at radius 3 is 2.60 bits per heavy atom. The van der Waals surface area contributed by atoms with Crippen molar-refractivity contribution in [1.82, 2.24) is 19.7 Å². The molecule has 4 aromatic rings. The Bertz CT molecular complexity index is 1460. The molecule has 0 bridgehead atoms. The predicted octanol–water partition coefficient (Wildman–Crippen LogP) is 3.71. The van der Waals surface area contributed by atoms with Crippen molar-refractivity contribution in [2.24, 2.45) is 5.73 Å². The Balaban J connectivity index is 1.46. The summed E-state index contributed by atoms with van der Waals surface area (Å²) in [6.07, 6.45) is 5.23. The van der Waals surface area contributed by atoms with Crippen molar-refractivity contribution in [3.63, 3.8) is 0 Å². The van der Waals surface area contributed by atoms with E-state index in [0.29, 0.717) is 74.3 Å². The fourth-order valence-electron chi connectivity index (χ4n) is 4.15. The number of amides is 1. The first kappa shape index (κ1) is 28.9. The predicted molar refractivity (Wildman–Crippen MR) is 147 cm³/mol. The van der Waals surface area contributed by atoms with Crippen LogP contribution in [0.1, 0.15) is 22.8 Å². The maximum Gasteiger partial charge on any atom is 0.251 e. The highest BCUT2D eigenvalue weighted by atomic mass is 19.2. The van der Waals surface area contributed by atoms with E-state index in [1.807, 2.05) is 13.0 Å². The van der Waals surface area contributed by atoms with Crippen molar-refractivity contribution in [3.05, 3.63) is 71.7 Å². The Morgan fingerprint density at radius 1 is 1.05 bits per heavy atom. The molecular formula is C28H32F2N6O4. The lowest BCUT2D eigenvalue weighted by Crippen LogP contribution is -2.28. The number of benzene rings is 2. The van der Waals surface area contributed by atoms with Gasteiger partial charge in [-0.15, -0.1) is 0 Å². The molecule has 0 saturated carbocycles. The third-order valence-electron chi connectivity index (χ3n) is 6.13. The van der Waals surface area contributed by atoms with Crippen LogP contribution in [0.25, 0.3) is 16.9 Å². The molecule has 0 radical (unpaired) electrons. The number of nitrogens with one attached hydrogen (secondary N) is 2. The van der Waals surface area contributed by atoms with Gasteiger partial charge in [0.2, 0.25) is 5.82 Å². The summed E-state index contributed by atoms with van der Waals surface area (Å²) in [6, 6.07) is 8.19. The van der Waals surface area contributed by atoms with E-state index in [2.05, 4.69) is 20.6 Å². The van der Waals surface area contributed by atoms with Crippen molar-refractivity contribution in [2.45, 2.75) is 13.3 Å². The first-order valence-electron chi connectivity index (χ1n) is 12.9. The molecular weight excluding hydrogens is 522 g/mol. The molecule has 2 heterocycles. The Labute approximate surface area is 230 Å². The van der Waals surface area contributed by atoms with Crippen LogP contribution in [0.5, 0.6) is 5.75 Å². The number of nitrogens with zero attached hydrogens (tertiary/aromatic N) is 3. The summed E-state index contributed by atoms with van der Waals surface area (Å²) < 4.78 is 46.3. The van der Waals surface area contributed by atoms with E-state index in [4.69, 9.17) is 19.9 Å². The van der Waals surface area contributed by atoms with Crippen molar-refractivity contribution in [2.75, 3.05) is 51.9 Å². The van der Waals surface area contributed by atoms with E-state index < -0.39 is 11.6 Å². The molecule has 1 amide bonds. The fraction of sp³-hybridized carbons (Fsp3) is 0.321. The van der Waals surface area contributed by atoms with Gasteiger partial charge in [-0.05, 0) is 42.3 Å². The second-order valence-corrected chi connectivity index (χ2v) is 8.68. The van der Waals surface area contributed by atoms with Gasteiger partial charge in [0.15, 0.2) is 23.0 Å². The SMILES string of the molecule is CCc1cc(Nc2nccn3c(-c4ccc(OC)c(F)c4F)cnc23)ccc1C(=O)NCCOCCOCCN. The number of halogens is 2. The highest BCUT2D eigenvalue weighted by Gasteiger charge is 2.19. The van der Waals surface area contributed by atoms with Crippen LogP contribution < -0.4 is 21.1 Å². The minimum absolute atomic E-state index is 0.0388. The summed E-state index contributed by atoms with van der Waals surface area (Å²) >= 11 is 0. The molecule has 0 spiro atoms. The van der Waals surface area contributed by atoms with E-state index in [-0.39, 0.29) is 17.2 Å². The van der Waals surface area contributed by atoms with Crippen molar-refractivity contribution in [3.8, 4) is 17.0 Å². The zero-order valence-electron chi connectivity index (χ0n) is 22.4. The third kappa shape index (κ3) is 6.53. The maximum absolute atomic E-state index is 14.8. The van der Waals surface area contributed by atoms with E-state index in [1.165, 1.54) is 31.6 Å². The smallest absolute Gasteiger partial charge is 0.251 e. The molecule has 2 aromatic heterocycles. The standard InChI is InChI=1S/C28H32F2N6O4/c1-3-18-16-19(4-5-20(18)28(37)33-10-13-40-15-14-39-12-8-31)35-26-27-34-17-22(36(27)11-9-32-26)21-6-7-23(38-2)25(30)24(21)29/h4-7,9,11,16-17H,3,8,10,12-15,31H2,1-2H3,(H,32,35)(H,33,37). The van der Waals surface area contributed by atoms with Gasteiger partial charge in [-0.3, -0.25) is 9.20 Å². The van der Waals surface area contributed by atoms with Crippen LogP contribution >= 0.6 is 0 Å². The molecule has 4 rings (SSSR count). The van der Waals surface area contributed by atoms with Gasteiger partial charge in [0.05, 0.1) is 45.4 Å². The van der Waals surface area contributed by atoms with Crippen LogP contribution in [-0.4, -0.2) is 66.9 Å². The quantitative estimate of drug-likeness (QED) is 0.202. The van der Waals surface area contributed by atoms with Crippen LogP contribution in [0.4, 0.5) is 20.3 Å². The Hall–Kier alpha value is -4.13. The van der Waals surface area contributed by atoms with Gasteiger partial charge in [-0.25, -0.2) is 14.4 Å². The number of carbonyl (C=O) groups excluding carboxylic acids is 1. The molecule has 0 aliphatic heterocycles. The van der Waals surface area contributed by atoms with Gasteiger partial charge in [-0.1, -0.05) is 6.92 Å². The minimum Gasteiger partial charge on any atom is -0.494 e. The average Bonchev–Trinajstić information content (AvgIpc) is 3.40. The van der Waals surface area contributed by atoms with Crippen LogP contribution in [0.2, 0.25) is 0 Å². The average molecular weight is 555 g/mol. The molecule has 12 heteroatoms. The number of hydrogen-bond acceptors (Lipinski definition) is 8. The largest absolute Gasteiger partial charge is 0.494 e. The van der Waals surface area contributed by atoms with E-state index in [9.17, 15) is 13.6 Å². The summed E-state index contributed by atoms with van der Waals surface area (Å²) in [5.74, 6) is -2.07. The lowest BCUT2D eigenvalue weighted by atomic mass is 10.0. The number of imidazole rings is 1. The number of aryl methyl sites for hydroxylation is 1. The highest BCUT2D eigenvalue weighted by Crippen LogP contribution is 2.31. The molecule has 212 valence electrons. The van der Waals surface area contributed by atoms with Crippen LogP contribution in [0, 0.1) is 11.6 Å².